The molecule has 0 radical (unpaired) electrons. The van der Waals surface area contributed by atoms with E-state index < -0.39 is 0 Å². The summed E-state index contributed by atoms with van der Waals surface area (Å²) in [6.45, 7) is 9.32. The Hall–Kier alpha value is -2.11. The van der Waals surface area contributed by atoms with Crippen LogP contribution < -0.4 is 5.32 Å². The zero-order valence-corrected chi connectivity index (χ0v) is 12.5. The summed E-state index contributed by atoms with van der Waals surface area (Å²) < 4.78 is 1.84. The molecule has 1 heterocycles. The van der Waals surface area contributed by atoms with E-state index in [1.807, 2.05) is 37.7 Å². The Labute approximate surface area is 119 Å². The van der Waals surface area contributed by atoms with Gasteiger partial charge in [-0.2, -0.15) is 5.10 Å². The van der Waals surface area contributed by atoms with Crippen molar-refractivity contribution in [1.29, 1.82) is 0 Å². The smallest absolute Gasteiger partial charge is 0.246 e. The van der Waals surface area contributed by atoms with Crippen molar-refractivity contribution in [3.05, 3.63) is 30.6 Å². The predicted molar refractivity (Wildman–Crippen MR) is 77.0 cm³/mol. The van der Waals surface area contributed by atoms with Gasteiger partial charge in [-0.15, -0.1) is 0 Å². The van der Waals surface area contributed by atoms with Gasteiger partial charge in [0.2, 0.25) is 11.8 Å². The molecule has 20 heavy (non-hydrogen) atoms. The van der Waals surface area contributed by atoms with Crippen LogP contribution in [0.25, 0.3) is 0 Å². The molecule has 110 valence electrons. The first-order valence-electron chi connectivity index (χ1n) is 6.57. The fourth-order valence-corrected chi connectivity index (χ4v) is 1.68. The monoisotopic (exact) mass is 278 g/mol. The lowest BCUT2D eigenvalue weighted by Gasteiger charge is -2.17. The lowest BCUT2D eigenvalue weighted by molar-refractivity contribution is -0.131. The zero-order valence-electron chi connectivity index (χ0n) is 12.5. The van der Waals surface area contributed by atoms with Crippen LogP contribution in [0.15, 0.2) is 24.9 Å². The molecule has 0 aliphatic carbocycles. The number of carbonyl (C=O) groups excluding carboxylic acids is 2. The molecule has 0 bridgehead atoms. The van der Waals surface area contributed by atoms with Crippen LogP contribution in [0.1, 0.15) is 38.5 Å². The SMILES string of the molecule is C=CC(=O)N(C)CC(=O)NC(C)c1ccn(C(C)C)n1. The Morgan fingerprint density at radius 3 is 2.65 bits per heavy atom. The number of likely N-dealkylation sites (N-methyl/N-ethyl adjacent to an activating group) is 1. The van der Waals surface area contributed by atoms with Crippen LogP contribution in [-0.4, -0.2) is 40.1 Å². The van der Waals surface area contributed by atoms with Crippen molar-refractivity contribution in [3.8, 4) is 0 Å². The van der Waals surface area contributed by atoms with Gasteiger partial charge in [0.05, 0.1) is 18.3 Å². The number of hydrogen-bond acceptors (Lipinski definition) is 3. The van der Waals surface area contributed by atoms with Crippen molar-refractivity contribution in [2.75, 3.05) is 13.6 Å². The van der Waals surface area contributed by atoms with Crippen molar-refractivity contribution < 1.29 is 9.59 Å². The molecule has 0 saturated heterocycles. The summed E-state index contributed by atoms with van der Waals surface area (Å²) >= 11 is 0. The second-order valence-electron chi connectivity index (χ2n) is 5.00. The molecule has 0 aromatic carbocycles. The minimum Gasteiger partial charge on any atom is -0.346 e. The van der Waals surface area contributed by atoms with E-state index in [0.717, 1.165) is 5.69 Å². The standard InChI is InChI=1S/C14H22N4O2/c1-6-14(20)17(5)9-13(19)15-11(4)12-7-8-18(16-12)10(2)3/h6-8,10-11H,1,9H2,2-5H3,(H,15,19). The molecule has 0 aliphatic rings. The maximum atomic E-state index is 11.8. The summed E-state index contributed by atoms with van der Waals surface area (Å²) in [4.78, 5) is 24.4. The highest BCUT2D eigenvalue weighted by molar-refractivity contribution is 5.90. The summed E-state index contributed by atoms with van der Waals surface area (Å²) in [7, 11) is 1.56. The number of hydrogen-bond donors (Lipinski definition) is 1. The van der Waals surface area contributed by atoms with E-state index in [2.05, 4.69) is 17.0 Å². The topological polar surface area (TPSA) is 67.2 Å². The molecule has 1 aromatic heterocycles. The molecular weight excluding hydrogens is 256 g/mol. The summed E-state index contributed by atoms with van der Waals surface area (Å²) in [5.41, 5.74) is 0.796. The first-order valence-corrected chi connectivity index (χ1v) is 6.57. The molecule has 0 saturated carbocycles. The third-order valence-electron chi connectivity index (χ3n) is 2.91. The molecule has 0 aliphatic heterocycles. The molecular formula is C14H22N4O2. The maximum Gasteiger partial charge on any atom is 0.246 e. The Kier molecular flexibility index (Phi) is 5.49. The third-order valence-corrected chi connectivity index (χ3v) is 2.91. The molecule has 6 nitrogen and oxygen atoms in total. The van der Waals surface area contributed by atoms with Gasteiger partial charge in [-0.25, -0.2) is 0 Å². The van der Waals surface area contributed by atoms with E-state index in [1.165, 1.54) is 11.0 Å². The molecule has 2 amide bonds. The Bertz CT molecular complexity index is 493. The molecule has 1 N–H and O–H groups in total. The Balaban J connectivity index is 2.56. The van der Waals surface area contributed by atoms with Crippen molar-refractivity contribution in [2.24, 2.45) is 0 Å². The van der Waals surface area contributed by atoms with Gasteiger partial charge < -0.3 is 10.2 Å². The lowest BCUT2D eigenvalue weighted by Crippen LogP contribution is -2.38. The zero-order chi connectivity index (χ0) is 15.3. The Morgan fingerprint density at radius 1 is 1.50 bits per heavy atom. The number of amides is 2. The van der Waals surface area contributed by atoms with E-state index in [-0.39, 0.29) is 30.4 Å². The number of nitrogens with zero attached hydrogens (tertiary/aromatic N) is 3. The van der Waals surface area contributed by atoms with Crippen LogP contribution in [0.2, 0.25) is 0 Å². The average molecular weight is 278 g/mol. The van der Waals surface area contributed by atoms with Crippen molar-refractivity contribution in [1.82, 2.24) is 20.0 Å². The van der Waals surface area contributed by atoms with Gasteiger partial charge in [0.15, 0.2) is 0 Å². The molecule has 1 rings (SSSR count). The van der Waals surface area contributed by atoms with Gasteiger partial charge in [-0.1, -0.05) is 6.58 Å². The lowest BCUT2D eigenvalue weighted by atomic mass is 10.2. The molecule has 6 heteroatoms. The molecule has 0 spiro atoms. The number of rotatable bonds is 6. The second kappa shape index (κ2) is 6.88. The van der Waals surface area contributed by atoms with Gasteiger partial charge >= 0.3 is 0 Å². The number of carbonyl (C=O) groups is 2. The van der Waals surface area contributed by atoms with Gasteiger partial charge in [-0.3, -0.25) is 14.3 Å². The summed E-state index contributed by atoms with van der Waals surface area (Å²) in [6, 6.07) is 1.96. The van der Waals surface area contributed by atoms with E-state index in [0.29, 0.717) is 0 Å². The minimum absolute atomic E-state index is 0.0000818. The fraction of sp³-hybridized carbons (Fsp3) is 0.500. The van der Waals surface area contributed by atoms with E-state index in [9.17, 15) is 9.59 Å². The first kappa shape index (κ1) is 15.9. The fourth-order valence-electron chi connectivity index (χ4n) is 1.68. The minimum atomic E-state index is -0.281. The largest absolute Gasteiger partial charge is 0.346 e. The Morgan fingerprint density at radius 2 is 2.15 bits per heavy atom. The highest BCUT2D eigenvalue weighted by Gasteiger charge is 2.15. The quantitative estimate of drug-likeness (QED) is 0.797. The van der Waals surface area contributed by atoms with Crippen LogP contribution >= 0.6 is 0 Å². The van der Waals surface area contributed by atoms with E-state index in [1.54, 1.807) is 7.05 Å². The van der Waals surface area contributed by atoms with Gasteiger partial charge in [-0.05, 0) is 32.9 Å². The molecule has 1 aromatic rings. The van der Waals surface area contributed by atoms with Crippen molar-refractivity contribution >= 4 is 11.8 Å². The van der Waals surface area contributed by atoms with E-state index in [4.69, 9.17) is 0 Å². The summed E-state index contributed by atoms with van der Waals surface area (Å²) in [5, 5.41) is 7.21. The van der Waals surface area contributed by atoms with Gasteiger partial charge in [0.1, 0.15) is 0 Å². The summed E-state index contributed by atoms with van der Waals surface area (Å²) in [6.07, 6.45) is 3.07. The second-order valence-corrected chi connectivity index (χ2v) is 5.00. The van der Waals surface area contributed by atoms with Crippen molar-refractivity contribution in [3.63, 3.8) is 0 Å². The highest BCUT2D eigenvalue weighted by Crippen LogP contribution is 2.11. The third kappa shape index (κ3) is 4.22. The average Bonchev–Trinajstić information content (AvgIpc) is 2.87. The molecule has 1 atom stereocenters. The predicted octanol–water partition coefficient (Wildman–Crippen LogP) is 1.29. The number of nitrogens with one attached hydrogen (secondary N) is 1. The molecule has 1 unspecified atom stereocenters. The normalized spacial score (nSPS) is 12.1. The first-order chi connectivity index (χ1) is 9.35. The maximum absolute atomic E-state index is 11.8. The van der Waals surface area contributed by atoms with Crippen LogP contribution in [0, 0.1) is 0 Å². The van der Waals surface area contributed by atoms with Crippen LogP contribution in [0.3, 0.4) is 0 Å². The van der Waals surface area contributed by atoms with Crippen LogP contribution in [-0.2, 0) is 9.59 Å². The van der Waals surface area contributed by atoms with Crippen LogP contribution in [0.5, 0.6) is 0 Å². The van der Waals surface area contributed by atoms with Gasteiger partial charge in [0, 0.05) is 19.3 Å². The van der Waals surface area contributed by atoms with E-state index >= 15 is 0 Å². The molecule has 0 fully saturated rings. The van der Waals surface area contributed by atoms with Crippen molar-refractivity contribution in [2.45, 2.75) is 32.9 Å². The highest BCUT2D eigenvalue weighted by atomic mass is 16.2. The number of aromatic nitrogens is 2. The summed E-state index contributed by atoms with van der Waals surface area (Å²) in [5.74, 6) is -0.508. The van der Waals surface area contributed by atoms with Gasteiger partial charge in [0.25, 0.3) is 0 Å². The van der Waals surface area contributed by atoms with Crippen LogP contribution in [0.4, 0.5) is 0 Å².